The van der Waals surface area contributed by atoms with E-state index in [1.54, 1.807) is 25.1 Å². The van der Waals surface area contributed by atoms with Crippen LogP contribution in [0.5, 0.6) is 5.88 Å². The van der Waals surface area contributed by atoms with Crippen LogP contribution < -0.4 is 10.5 Å². The SMILES string of the molecule is COc1ncccc1CSc1ccc(C(C)N)cc1. The summed E-state index contributed by atoms with van der Waals surface area (Å²) in [6.07, 6.45) is 1.74. The lowest BCUT2D eigenvalue weighted by molar-refractivity contribution is 0.394. The molecule has 0 spiro atoms. The second-order valence-corrected chi connectivity index (χ2v) is 5.37. The molecule has 1 aromatic carbocycles. The van der Waals surface area contributed by atoms with Gasteiger partial charge in [0.05, 0.1) is 7.11 Å². The molecule has 1 unspecified atom stereocenters. The highest BCUT2D eigenvalue weighted by Gasteiger charge is 2.04. The molecule has 4 heteroatoms. The Morgan fingerprint density at radius 2 is 2.00 bits per heavy atom. The van der Waals surface area contributed by atoms with Gasteiger partial charge < -0.3 is 10.5 Å². The van der Waals surface area contributed by atoms with E-state index in [1.807, 2.05) is 19.1 Å². The Balaban J connectivity index is 2.02. The molecule has 0 radical (unpaired) electrons. The van der Waals surface area contributed by atoms with E-state index in [4.69, 9.17) is 10.5 Å². The number of hydrogen-bond acceptors (Lipinski definition) is 4. The van der Waals surface area contributed by atoms with Gasteiger partial charge in [0.2, 0.25) is 5.88 Å². The lowest BCUT2D eigenvalue weighted by Gasteiger charge is -2.08. The number of aromatic nitrogens is 1. The van der Waals surface area contributed by atoms with E-state index < -0.39 is 0 Å². The smallest absolute Gasteiger partial charge is 0.217 e. The molecule has 0 amide bonds. The number of methoxy groups -OCH3 is 1. The molecule has 0 aliphatic carbocycles. The van der Waals surface area contributed by atoms with Crippen LogP contribution in [0.25, 0.3) is 0 Å². The van der Waals surface area contributed by atoms with Crippen molar-refractivity contribution in [3.8, 4) is 5.88 Å². The third kappa shape index (κ3) is 3.72. The summed E-state index contributed by atoms with van der Waals surface area (Å²) in [5.41, 5.74) is 8.09. The zero-order valence-electron chi connectivity index (χ0n) is 11.2. The van der Waals surface area contributed by atoms with Gasteiger partial charge >= 0.3 is 0 Å². The molecule has 0 saturated carbocycles. The maximum atomic E-state index is 5.84. The minimum atomic E-state index is 0.0810. The van der Waals surface area contributed by atoms with Crippen molar-refractivity contribution in [3.63, 3.8) is 0 Å². The number of nitrogens with zero attached hydrogens (tertiary/aromatic N) is 1. The highest BCUT2D eigenvalue weighted by Crippen LogP contribution is 2.27. The summed E-state index contributed by atoms with van der Waals surface area (Å²) in [4.78, 5) is 5.41. The summed E-state index contributed by atoms with van der Waals surface area (Å²) >= 11 is 1.76. The van der Waals surface area contributed by atoms with Gasteiger partial charge in [-0.15, -0.1) is 11.8 Å². The summed E-state index contributed by atoms with van der Waals surface area (Å²) < 4.78 is 5.24. The van der Waals surface area contributed by atoms with Crippen LogP contribution in [0.15, 0.2) is 47.5 Å². The molecular formula is C15H18N2OS. The van der Waals surface area contributed by atoms with Gasteiger partial charge in [-0.2, -0.15) is 0 Å². The fourth-order valence-electron chi connectivity index (χ4n) is 1.75. The quantitative estimate of drug-likeness (QED) is 0.849. The van der Waals surface area contributed by atoms with Gasteiger partial charge in [0.1, 0.15) is 0 Å². The predicted octanol–water partition coefficient (Wildman–Crippen LogP) is 3.40. The molecule has 2 N–H and O–H groups in total. The van der Waals surface area contributed by atoms with Gasteiger partial charge in [-0.05, 0) is 30.7 Å². The van der Waals surface area contributed by atoms with Crippen molar-refractivity contribution in [2.24, 2.45) is 5.73 Å². The van der Waals surface area contributed by atoms with Crippen LogP contribution in [0.3, 0.4) is 0 Å². The van der Waals surface area contributed by atoms with E-state index >= 15 is 0 Å². The van der Waals surface area contributed by atoms with E-state index in [2.05, 4.69) is 29.2 Å². The maximum absolute atomic E-state index is 5.84. The maximum Gasteiger partial charge on any atom is 0.217 e. The van der Waals surface area contributed by atoms with E-state index in [0.29, 0.717) is 5.88 Å². The zero-order valence-corrected chi connectivity index (χ0v) is 12.0. The highest BCUT2D eigenvalue weighted by atomic mass is 32.2. The third-order valence-corrected chi connectivity index (χ3v) is 3.90. The Kier molecular flexibility index (Phi) is 4.82. The van der Waals surface area contributed by atoms with Gasteiger partial charge in [0.15, 0.2) is 0 Å². The Morgan fingerprint density at radius 1 is 1.26 bits per heavy atom. The van der Waals surface area contributed by atoms with Crippen LogP contribution in [0.1, 0.15) is 24.1 Å². The van der Waals surface area contributed by atoms with Crippen LogP contribution >= 0.6 is 11.8 Å². The van der Waals surface area contributed by atoms with Gasteiger partial charge in [-0.1, -0.05) is 18.2 Å². The standard InChI is InChI=1S/C15H18N2OS/c1-11(16)12-5-7-14(8-6-12)19-10-13-4-3-9-17-15(13)18-2/h3-9,11H,10,16H2,1-2H3. The van der Waals surface area contributed by atoms with Crippen LogP contribution in [0.2, 0.25) is 0 Å². The number of thioether (sulfide) groups is 1. The fraction of sp³-hybridized carbons (Fsp3) is 0.267. The number of benzene rings is 1. The molecule has 100 valence electrons. The molecule has 2 aromatic rings. The monoisotopic (exact) mass is 274 g/mol. The molecule has 0 bridgehead atoms. The third-order valence-electron chi connectivity index (χ3n) is 2.84. The Bertz CT molecular complexity index is 526. The summed E-state index contributed by atoms with van der Waals surface area (Å²) in [5, 5.41) is 0. The van der Waals surface area contributed by atoms with Crippen molar-refractivity contribution in [1.29, 1.82) is 0 Å². The largest absolute Gasteiger partial charge is 0.481 e. The molecular weight excluding hydrogens is 256 g/mol. The molecule has 19 heavy (non-hydrogen) atoms. The molecule has 0 saturated heterocycles. The predicted molar refractivity (Wildman–Crippen MR) is 79.4 cm³/mol. The first kappa shape index (κ1) is 13.9. The first-order chi connectivity index (χ1) is 9.20. The second kappa shape index (κ2) is 6.59. The first-order valence-corrected chi connectivity index (χ1v) is 7.15. The minimum absolute atomic E-state index is 0.0810. The topological polar surface area (TPSA) is 48.1 Å². The number of pyridine rings is 1. The van der Waals surface area contributed by atoms with Crippen LogP contribution in [-0.2, 0) is 5.75 Å². The summed E-state index contributed by atoms with van der Waals surface area (Å²) in [6, 6.07) is 12.4. The van der Waals surface area contributed by atoms with Crippen LogP contribution in [0.4, 0.5) is 0 Å². The minimum Gasteiger partial charge on any atom is -0.481 e. The Morgan fingerprint density at radius 3 is 2.63 bits per heavy atom. The molecule has 0 aliphatic heterocycles. The normalized spacial score (nSPS) is 12.2. The number of hydrogen-bond donors (Lipinski definition) is 1. The average molecular weight is 274 g/mol. The number of rotatable bonds is 5. The second-order valence-electron chi connectivity index (χ2n) is 4.32. The Labute approximate surface area is 118 Å². The number of ether oxygens (including phenoxy) is 1. The van der Waals surface area contributed by atoms with Gasteiger partial charge in [-0.3, -0.25) is 0 Å². The van der Waals surface area contributed by atoms with E-state index in [1.165, 1.54) is 4.90 Å². The van der Waals surface area contributed by atoms with Gasteiger partial charge in [0, 0.05) is 28.5 Å². The molecule has 0 fully saturated rings. The van der Waals surface area contributed by atoms with Crippen LogP contribution in [-0.4, -0.2) is 12.1 Å². The molecule has 0 aliphatic rings. The van der Waals surface area contributed by atoms with Crippen molar-refractivity contribution < 1.29 is 4.74 Å². The Hall–Kier alpha value is -1.52. The van der Waals surface area contributed by atoms with Crippen molar-refractivity contribution >= 4 is 11.8 Å². The van der Waals surface area contributed by atoms with Crippen molar-refractivity contribution in [2.45, 2.75) is 23.6 Å². The molecule has 3 nitrogen and oxygen atoms in total. The lowest BCUT2D eigenvalue weighted by atomic mass is 10.1. The summed E-state index contributed by atoms with van der Waals surface area (Å²) in [6.45, 7) is 1.99. The molecule has 1 aromatic heterocycles. The van der Waals surface area contributed by atoms with Crippen molar-refractivity contribution in [1.82, 2.24) is 4.98 Å². The van der Waals surface area contributed by atoms with Gasteiger partial charge in [-0.25, -0.2) is 4.98 Å². The zero-order chi connectivity index (χ0) is 13.7. The summed E-state index contributed by atoms with van der Waals surface area (Å²) in [5.74, 6) is 1.54. The van der Waals surface area contributed by atoms with Crippen LogP contribution in [0, 0.1) is 0 Å². The first-order valence-electron chi connectivity index (χ1n) is 6.17. The fourth-order valence-corrected chi connectivity index (χ4v) is 2.62. The highest BCUT2D eigenvalue weighted by molar-refractivity contribution is 7.98. The van der Waals surface area contributed by atoms with E-state index in [9.17, 15) is 0 Å². The van der Waals surface area contributed by atoms with E-state index in [-0.39, 0.29) is 6.04 Å². The van der Waals surface area contributed by atoms with Crippen molar-refractivity contribution in [2.75, 3.05) is 7.11 Å². The van der Waals surface area contributed by atoms with Gasteiger partial charge in [0.25, 0.3) is 0 Å². The summed E-state index contributed by atoms with van der Waals surface area (Å²) in [7, 11) is 1.65. The lowest BCUT2D eigenvalue weighted by Crippen LogP contribution is -2.04. The number of nitrogens with two attached hydrogens (primary N) is 1. The molecule has 2 rings (SSSR count). The average Bonchev–Trinajstić information content (AvgIpc) is 2.45. The van der Waals surface area contributed by atoms with Crippen molar-refractivity contribution in [3.05, 3.63) is 53.7 Å². The van der Waals surface area contributed by atoms with E-state index in [0.717, 1.165) is 16.9 Å². The molecule has 1 heterocycles. The molecule has 1 atom stereocenters.